The Morgan fingerprint density at radius 2 is 1.14 bits per heavy atom. The molecule has 10 nitrogen and oxygen atoms in total. The van der Waals surface area contributed by atoms with E-state index < -0.39 is 42.9 Å². The highest BCUT2D eigenvalue weighted by atomic mass is 79.9. The van der Waals surface area contributed by atoms with Gasteiger partial charge in [-0.3, -0.25) is 19.2 Å². The predicted octanol–water partition coefficient (Wildman–Crippen LogP) is 2.68. The molecule has 13 heteroatoms. The molecule has 0 fully saturated rings. The van der Waals surface area contributed by atoms with Gasteiger partial charge in [-0.1, -0.05) is 0 Å². The Morgan fingerprint density at radius 1 is 0.786 bits per heavy atom. The Labute approximate surface area is 183 Å². The van der Waals surface area contributed by atoms with Crippen molar-refractivity contribution in [1.29, 1.82) is 0 Å². The van der Waals surface area contributed by atoms with Crippen molar-refractivity contribution in [2.24, 2.45) is 0 Å². The Morgan fingerprint density at radius 3 is 1.43 bits per heavy atom. The van der Waals surface area contributed by atoms with E-state index in [4.69, 9.17) is 0 Å². The maximum Gasteiger partial charge on any atom is 0.338 e. The second-order valence-corrected chi connectivity index (χ2v) is 7.41. The topological polar surface area (TPSA) is 148 Å². The molecule has 28 heavy (non-hydrogen) atoms. The van der Waals surface area contributed by atoms with Crippen molar-refractivity contribution in [3.63, 3.8) is 0 Å². The highest BCUT2D eigenvalue weighted by Gasteiger charge is 2.26. The van der Waals surface area contributed by atoms with Crippen LogP contribution in [0.15, 0.2) is 13.4 Å². The van der Waals surface area contributed by atoms with Crippen molar-refractivity contribution < 1.29 is 38.6 Å². The molecule has 0 heterocycles. The lowest BCUT2D eigenvalue weighted by molar-refractivity contribution is -0.145. The molecule has 0 aliphatic heterocycles. The van der Waals surface area contributed by atoms with Crippen LogP contribution >= 0.6 is 47.8 Å². The maximum absolute atomic E-state index is 12.0. The third-order valence-electron chi connectivity index (χ3n) is 2.87. The molecule has 0 unspecified atom stereocenters. The second-order valence-electron chi connectivity index (χ2n) is 5.03. The summed E-state index contributed by atoms with van der Waals surface area (Å²) in [5.41, 5.74) is -0.352. The highest BCUT2D eigenvalue weighted by Crippen LogP contribution is 2.45. The van der Waals surface area contributed by atoms with Crippen LogP contribution in [-0.2, 0) is 28.7 Å². The monoisotopic (exact) mass is 586 g/mol. The molecule has 1 aromatic rings. The molecule has 0 bridgehead atoms. The van der Waals surface area contributed by atoms with Gasteiger partial charge in [0.2, 0.25) is 0 Å². The van der Waals surface area contributed by atoms with E-state index in [1.165, 1.54) is 0 Å². The van der Waals surface area contributed by atoms with Crippen LogP contribution in [0.1, 0.15) is 24.2 Å². The zero-order valence-corrected chi connectivity index (χ0v) is 19.1. The summed E-state index contributed by atoms with van der Waals surface area (Å²) in [6.07, 6.45) is 0. The molecular weight excluding hydrogens is 576 g/mol. The van der Waals surface area contributed by atoms with Gasteiger partial charge < -0.3 is 25.2 Å². The Hall–Kier alpha value is -1.99. The number of halogens is 3. The highest BCUT2D eigenvalue weighted by molar-refractivity contribution is 9.12. The molecule has 0 saturated heterocycles. The zero-order valence-electron chi connectivity index (χ0n) is 14.4. The minimum Gasteiger partial charge on any atom is -0.478 e. The Kier molecular flexibility index (Phi) is 9.04. The number of hydrogen-bond acceptors (Lipinski definition) is 7. The molecule has 1 aromatic carbocycles. The first-order chi connectivity index (χ1) is 13.0. The maximum atomic E-state index is 12.0. The molecule has 0 atom stereocenters. The second kappa shape index (κ2) is 10.5. The van der Waals surface area contributed by atoms with Gasteiger partial charge in [-0.2, -0.15) is 0 Å². The number of rotatable bonds is 7. The molecule has 3 N–H and O–H groups in total. The zero-order chi connectivity index (χ0) is 21.6. The van der Waals surface area contributed by atoms with Crippen molar-refractivity contribution >= 4 is 88.9 Å². The number of esters is 2. The summed E-state index contributed by atoms with van der Waals surface area (Å²) in [7, 11) is 0. The third-order valence-corrected chi connectivity index (χ3v) is 5.25. The number of ether oxygens (including phenoxy) is 2. The smallest absolute Gasteiger partial charge is 0.338 e. The van der Waals surface area contributed by atoms with Crippen molar-refractivity contribution in [2.75, 3.05) is 23.8 Å². The number of carbonyl (C=O) groups is 5. The van der Waals surface area contributed by atoms with E-state index in [-0.39, 0.29) is 30.4 Å². The summed E-state index contributed by atoms with van der Waals surface area (Å²) >= 11 is 9.38. The number of carbonyl (C=O) groups excluding carboxylic acids is 4. The number of aromatic carboxylic acids is 1. The average molecular weight is 589 g/mol. The summed E-state index contributed by atoms with van der Waals surface area (Å²) in [5, 5.41) is 14.2. The molecule has 0 spiro atoms. The van der Waals surface area contributed by atoms with Crippen LogP contribution in [0, 0.1) is 0 Å². The number of benzene rings is 1. The lowest BCUT2D eigenvalue weighted by Crippen LogP contribution is -2.23. The first-order valence-electron chi connectivity index (χ1n) is 7.25. The number of nitrogens with one attached hydrogen (secondary N) is 2. The Balaban J connectivity index is 3.32. The van der Waals surface area contributed by atoms with Crippen LogP contribution in [0.4, 0.5) is 11.4 Å². The molecule has 2 amide bonds. The minimum atomic E-state index is -1.36. The number of carboxylic acid groups (broad SMARTS) is 1. The van der Waals surface area contributed by atoms with Gasteiger partial charge in [0, 0.05) is 13.8 Å². The van der Waals surface area contributed by atoms with Crippen LogP contribution in [-0.4, -0.2) is 48.0 Å². The largest absolute Gasteiger partial charge is 0.478 e. The summed E-state index contributed by atoms with van der Waals surface area (Å²) in [5.74, 6) is -4.19. The molecule has 0 aliphatic rings. The lowest BCUT2D eigenvalue weighted by Gasteiger charge is -2.18. The normalized spacial score (nSPS) is 10.0. The summed E-state index contributed by atoms with van der Waals surface area (Å²) in [6, 6.07) is 0. The van der Waals surface area contributed by atoms with E-state index in [1.54, 1.807) is 0 Å². The van der Waals surface area contributed by atoms with Gasteiger partial charge in [-0.15, -0.1) is 0 Å². The molecule has 0 radical (unpaired) electrons. The SMILES string of the molecule is CC(=O)OCC(=O)Nc1c(Br)c(NC(=O)COC(C)=O)c(Br)c(C(=O)O)c1Br. The van der Waals surface area contributed by atoms with E-state index >= 15 is 0 Å². The van der Waals surface area contributed by atoms with E-state index in [0.29, 0.717) is 0 Å². The quantitative estimate of drug-likeness (QED) is 0.412. The summed E-state index contributed by atoms with van der Waals surface area (Å²) in [4.78, 5) is 57.2. The van der Waals surface area contributed by atoms with Gasteiger partial charge in [0.25, 0.3) is 11.8 Å². The van der Waals surface area contributed by atoms with E-state index in [0.717, 1.165) is 13.8 Å². The Bertz CT molecular complexity index is 797. The molecule has 0 aliphatic carbocycles. The average Bonchev–Trinajstić information content (AvgIpc) is 2.58. The van der Waals surface area contributed by atoms with Gasteiger partial charge >= 0.3 is 17.9 Å². The van der Waals surface area contributed by atoms with Gasteiger partial charge in [-0.25, -0.2) is 4.79 Å². The fourth-order valence-corrected chi connectivity index (χ4v) is 4.48. The molecule has 152 valence electrons. The van der Waals surface area contributed by atoms with Crippen molar-refractivity contribution in [2.45, 2.75) is 13.8 Å². The first kappa shape index (κ1) is 24.0. The van der Waals surface area contributed by atoms with E-state index in [1.807, 2.05) is 0 Å². The first-order valence-corrected chi connectivity index (χ1v) is 9.63. The van der Waals surface area contributed by atoms with Crippen LogP contribution < -0.4 is 10.6 Å². The van der Waals surface area contributed by atoms with E-state index in [2.05, 4.69) is 67.9 Å². The standard InChI is InChI=1S/C15H13Br3N2O8/c1-5(21)27-3-7(23)19-13-10(16)9(15(25)26)11(17)14(12(13)18)20-8(24)4-28-6(2)22/h3-4H2,1-2H3,(H,19,23)(H,20,24)(H,25,26). The van der Waals surface area contributed by atoms with Crippen LogP contribution in [0.5, 0.6) is 0 Å². The minimum absolute atomic E-state index is 0.00656. The van der Waals surface area contributed by atoms with Crippen molar-refractivity contribution in [1.82, 2.24) is 0 Å². The van der Waals surface area contributed by atoms with Crippen LogP contribution in [0.2, 0.25) is 0 Å². The van der Waals surface area contributed by atoms with E-state index in [9.17, 15) is 29.1 Å². The van der Waals surface area contributed by atoms with Crippen LogP contribution in [0.3, 0.4) is 0 Å². The summed E-state index contributed by atoms with van der Waals surface area (Å²) in [6.45, 7) is 1.05. The predicted molar refractivity (Wildman–Crippen MR) is 107 cm³/mol. The fraction of sp³-hybridized carbons (Fsp3) is 0.267. The number of anilines is 2. The lowest BCUT2D eigenvalue weighted by atomic mass is 10.1. The van der Waals surface area contributed by atoms with Gasteiger partial charge in [-0.05, 0) is 47.8 Å². The van der Waals surface area contributed by atoms with Crippen molar-refractivity contribution in [3.8, 4) is 0 Å². The van der Waals surface area contributed by atoms with Gasteiger partial charge in [0.05, 0.1) is 30.4 Å². The van der Waals surface area contributed by atoms with Crippen LogP contribution in [0.25, 0.3) is 0 Å². The third kappa shape index (κ3) is 6.56. The molecule has 0 aromatic heterocycles. The molecule has 0 saturated carbocycles. The molecule has 1 rings (SSSR count). The number of hydrogen-bond donors (Lipinski definition) is 3. The number of amides is 2. The van der Waals surface area contributed by atoms with Crippen molar-refractivity contribution in [3.05, 3.63) is 19.0 Å². The fourth-order valence-electron chi connectivity index (χ4n) is 1.76. The molecular formula is C15H13Br3N2O8. The van der Waals surface area contributed by atoms with Gasteiger partial charge in [0.15, 0.2) is 13.2 Å². The number of carboxylic acids is 1. The summed E-state index contributed by atoms with van der Waals surface area (Å²) < 4.78 is 9.26. The van der Waals surface area contributed by atoms with Gasteiger partial charge in [0.1, 0.15) is 0 Å².